The number of rotatable bonds is 5. The molecular weight excluding hydrogens is 273 g/mol. The summed E-state index contributed by atoms with van der Waals surface area (Å²) in [5.41, 5.74) is 2.94. The summed E-state index contributed by atoms with van der Waals surface area (Å²) in [6.45, 7) is 3.95. The normalized spacial score (nSPS) is 10.6. The molecule has 0 N–H and O–H groups in total. The van der Waals surface area contributed by atoms with E-state index in [0.717, 1.165) is 21.8 Å². The van der Waals surface area contributed by atoms with Crippen LogP contribution in [0, 0.1) is 19.7 Å². The molecule has 1 heterocycles. The lowest BCUT2D eigenvalue weighted by Gasteiger charge is -2.04. The Balaban J connectivity index is 1.90. The third-order valence-electron chi connectivity index (χ3n) is 2.77. The third-order valence-corrected chi connectivity index (χ3v) is 3.74. The van der Waals surface area contributed by atoms with E-state index in [2.05, 4.69) is 4.98 Å². The van der Waals surface area contributed by atoms with Gasteiger partial charge in [-0.15, -0.1) is 0 Å². The molecule has 0 spiro atoms. The number of Topliss-reactive ketones (excluding diaryl/α,β-unsaturated/α-hetero) is 1. The van der Waals surface area contributed by atoms with Crippen LogP contribution in [0.3, 0.4) is 0 Å². The van der Waals surface area contributed by atoms with Gasteiger partial charge in [-0.2, -0.15) is 0 Å². The van der Waals surface area contributed by atoms with Crippen LogP contribution >= 0.6 is 11.8 Å². The van der Waals surface area contributed by atoms with Crippen molar-refractivity contribution in [1.82, 2.24) is 4.98 Å². The van der Waals surface area contributed by atoms with Crippen molar-refractivity contribution in [2.75, 3.05) is 5.75 Å². The molecule has 0 saturated carbocycles. The lowest BCUT2D eigenvalue weighted by atomic mass is 10.1. The van der Waals surface area contributed by atoms with Gasteiger partial charge < -0.3 is 0 Å². The van der Waals surface area contributed by atoms with E-state index in [1.54, 1.807) is 12.1 Å². The minimum atomic E-state index is -0.282. The number of aryl methyl sites for hydroxylation is 2. The summed E-state index contributed by atoms with van der Waals surface area (Å²) in [6.07, 6.45) is 0.331. The van der Waals surface area contributed by atoms with Gasteiger partial charge in [0.1, 0.15) is 11.6 Å². The Bertz CT molecular complexity index is 590. The van der Waals surface area contributed by atoms with Gasteiger partial charge in [0, 0.05) is 12.1 Å². The fourth-order valence-corrected chi connectivity index (χ4v) is 2.80. The van der Waals surface area contributed by atoms with E-state index >= 15 is 0 Å². The van der Waals surface area contributed by atoms with E-state index in [1.165, 1.54) is 23.9 Å². The van der Waals surface area contributed by atoms with Gasteiger partial charge in [0.05, 0.1) is 10.8 Å². The smallest absolute Gasteiger partial charge is 0.147 e. The number of thioether (sulfide) groups is 1. The first-order valence-corrected chi connectivity index (χ1v) is 7.36. The standard InChI is InChI=1S/C16H16FNOS/c1-11-7-12(2)18-16(8-11)20-10-15(19)9-13-3-5-14(17)6-4-13/h3-8H,9-10H2,1-2H3. The van der Waals surface area contributed by atoms with Crippen LogP contribution in [0.1, 0.15) is 16.8 Å². The maximum absolute atomic E-state index is 12.8. The molecule has 0 fully saturated rings. The highest BCUT2D eigenvalue weighted by molar-refractivity contribution is 7.99. The number of ketones is 1. The molecule has 0 aliphatic heterocycles. The third kappa shape index (κ3) is 4.46. The monoisotopic (exact) mass is 289 g/mol. The summed E-state index contributed by atoms with van der Waals surface area (Å²) >= 11 is 1.44. The SMILES string of the molecule is Cc1cc(C)nc(SCC(=O)Cc2ccc(F)cc2)c1. The first-order valence-electron chi connectivity index (χ1n) is 6.37. The molecule has 2 rings (SSSR count). The molecule has 1 aromatic carbocycles. The minimum Gasteiger partial charge on any atom is -0.298 e. The molecule has 0 aliphatic rings. The molecule has 20 heavy (non-hydrogen) atoms. The number of aromatic nitrogens is 1. The van der Waals surface area contributed by atoms with Crippen LogP contribution in [0.5, 0.6) is 0 Å². The Morgan fingerprint density at radius 3 is 2.55 bits per heavy atom. The van der Waals surface area contributed by atoms with Crippen LogP contribution in [-0.4, -0.2) is 16.5 Å². The number of hydrogen-bond acceptors (Lipinski definition) is 3. The Morgan fingerprint density at radius 1 is 1.20 bits per heavy atom. The van der Waals surface area contributed by atoms with Crippen molar-refractivity contribution in [3.8, 4) is 0 Å². The van der Waals surface area contributed by atoms with Gasteiger partial charge >= 0.3 is 0 Å². The first-order chi connectivity index (χ1) is 9.52. The highest BCUT2D eigenvalue weighted by atomic mass is 32.2. The van der Waals surface area contributed by atoms with Gasteiger partial charge in [0.2, 0.25) is 0 Å². The van der Waals surface area contributed by atoms with Crippen molar-refractivity contribution < 1.29 is 9.18 Å². The van der Waals surface area contributed by atoms with E-state index < -0.39 is 0 Å². The summed E-state index contributed by atoms with van der Waals surface area (Å²) in [5.74, 6) is 0.213. The van der Waals surface area contributed by atoms with Crippen molar-refractivity contribution in [2.45, 2.75) is 25.3 Å². The van der Waals surface area contributed by atoms with Gasteiger partial charge in [-0.25, -0.2) is 9.37 Å². The lowest BCUT2D eigenvalue weighted by molar-refractivity contribution is -0.116. The molecule has 0 radical (unpaired) electrons. The van der Waals surface area contributed by atoms with Gasteiger partial charge in [0.15, 0.2) is 0 Å². The summed E-state index contributed by atoms with van der Waals surface area (Å²) in [4.78, 5) is 16.3. The van der Waals surface area contributed by atoms with E-state index in [9.17, 15) is 9.18 Å². The Labute approximate surface area is 122 Å². The van der Waals surface area contributed by atoms with Crippen molar-refractivity contribution in [1.29, 1.82) is 0 Å². The Kier molecular flexibility index (Phi) is 4.90. The lowest BCUT2D eigenvalue weighted by Crippen LogP contribution is -2.06. The van der Waals surface area contributed by atoms with Crippen LogP contribution < -0.4 is 0 Å². The Morgan fingerprint density at radius 2 is 1.90 bits per heavy atom. The van der Waals surface area contributed by atoms with Crippen LogP contribution in [0.25, 0.3) is 0 Å². The second-order valence-electron chi connectivity index (χ2n) is 4.75. The number of hydrogen-bond donors (Lipinski definition) is 0. The molecule has 0 saturated heterocycles. The van der Waals surface area contributed by atoms with Crippen LogP contribution in [0.2, 0.25) is 0 Å². The minimum absolute atomic E-state index is 0.113. The molecule has 2 nitrogen and oxygen atoms in total. The predicted molar refractivity (Wildman–Crippen MR) is 79.5 cm³/mol. The second-order valence-corrected chi connectivity index (χ2v) is 5.75. The molecule has 0 atom stereocenters. The largest absolute Gasteiger partial charge is 0.298 e. The molecular formula is C16H16FNOS. The fraction of sp³-hybridized carbons (Fsp3) is 0.250. The van der Waals surface area contributed by atoms with E-state index in [4.69, 9.17) is 0 Å². The number of pyridine rings is 1. The topological polar surface area (TPSA) is 30.0 Å². The summed E-state index contributed by atoms with van der Waals surface area (Å²) in [5, 5.41) is 0.870. The van der Waals surface area contributed by atoms with Crippen molar-refractivity contribution in [3.05, 3.63) is 59.0 Å². The zero-order valence-corrected chi connectivity index (χ0v) is 12.3. The average Bonchev–Trinajstić information content (AvgIpc) is 2.38. The fourth-order valence-electron chi connectivity index (χ4n) is 1.91. The van der Waals surface area contributed by atoms with E-state index in [-0.39, 0.29) is 11.6 Å². The number of benzene rings is 1. The molecule has 0 unspecified atom stereocenters. The molecule has 2 aromatic rings. The number of carbonyl (C=O) groups is 1. The number of halogens is 1. The second kappa shape index (κ2) is 6.66. The maximum atomic E-state index is 12.8. The van der Waals surface area contributed by atoms with Gasteiger partial charge in [-0.1, -0.05) is 23.9 Å². The summed E-state index contributed by atoms with van der Waals surface area (Å²) < 4.78 is 12.8. The molecule has 104 valence electrons. The predicted octanol–water partition coefficient (Wildman–Crippen LogP) is 3.74. The number of carbonyl (C=O) groups excluding carboxylic acids is 1. The van der Waals surface area contributed by atoms with Gasteiger partial charge in [0.25, 0.3) is 0 Å². The zero-order valence-electron chi connectivity index (χ0n) is 11.5. The molecule has 0 aliphatic carbocycles. The summed E-state index contributed by atoms with van der Waals surface area (Å²) in [6, 6.07) is 10.0. The average molecular weight is 289 g/mol. The van der Waals surface area contributed by atoms with Crippen LogP contribution in [-0.2, 0) is 11.2 Å². The maximum Gasteiger partial charge on any atom is 0.147 e. The van der Waals surface area contributed by atoms with Crippen molar-refractivity contribution >= 4 is 17.5 Å². The van der Waals surface area contributed by atoms with Crippen molar-refractivity contribution in [2.24, 2.45) is 0 Å². The molecule has 1 aromatic heterocycles. The van der Waals surface area contributed by atoms with E-state index in [1.807, 2.05) is 26.0 Å². The molecule has 0 amide bonds. The zero-order chi connectivity index (χ0) is 14.5. The van der Waals surface area contributed by atoms with Gasteiger partial charge in [-0.3, -0.25) is 4.79 Å². The molecule has 0 bridgehead atoms. The quantitative estimate of drug-likeness (QED) is 0.785. The van der Waals surface area contributed by atoms with Gasteiger partial charge in [-0.05, 0) is 49.2 Å². The van der Waals surface area contributed by atoms with Crippen LogP contribution in [0.4, 0.5) is 4.39 Å². The van der Waals surface area contributed by atoms with Crippen molar-refractivity contribution in [3.63, 3.8) is 0 Å². The molecule has 4 heteroatoms. The van der Waals surface area contributed by atoms with Crippen LogP contribution in [0.15, 0.2) is 41.4 Å². The first kappa shape index (κ1) is 14.7. The Hall–Kier alpha value is -1.68. The highest BCUT2D eigenvalue weighted by Gasteiger charge is 2.06. The van der Waals surface area contributed by atoms with E-state index in [0.29, 0.717) is 12.2 Å². The number of nitrogens with zero attached hydrogens (tertiary/aromatic N) is 1. The highest BCUT2D eigenvalue weighted by Crippen LogP contribution is 2.18. The summed E-state index contributed by atoms with van der Waals surface area (Å²) in [7, 11) is 0.